The Labute approximate surface area is 108 Å². The van der Waals surface area contributed by atoms with Gasteiger partial charge in [-0.3, -0.25) is 4.79 Å². The summed E-state index contributed by atoms with van der Waals surface area (Å²) in [6, 6.07) is -0.559. The van der Waals surface area contributed by atoms with Gasteiger partial charge in [-0.25, -0.2) is 4.79 Å². The smallest absolute Gasteiger partial charge is 0.410 e. The lowest BCUT2D eigenvalue weighted by Gasteiger charge is -2.24. The second-order valence-electron chi connectivity index (χ2n) is 5.71. The molecule has 2 amide bonds. The number of carbonyl (C=O) groups excluding carboxylic acids is 2. The van der Waals surface area contributed by atoms with Gasteiger partial charge in [0, 0.05) is 19.1 Å². The van der Waals surface area contributed by atoms with Crippen molar-refractivity contribution >= 4 is 12.0 Å². The lowest BCUT2D eigenvalue weighted by molar-refractivity contribution is -0.122. The zero-order chi connectivity index (χ0) is 13.9. The normalized spacial score (nSPS) is 21.6. The Balaban J connectivity index is 2.42. The number of hydrogen-bond acceptors (Lipinski definition) is 4. The van der Waals surface area contributed by atoms with Crippen LogP contribution in [0.1, 0.15) is 34.1 Å². The van der Waals surface area contributed by atoms with Crippen molar-refractivity contribution in [1.82, 2.24) is 10.2 Å². The molecular weight excluding hydrogens is 234 g/mol. The van der Waals surface area contributed by atoms with E-state index in [2.05, 4.69) is 5.32 Å². The molecule has 2 unspecified atom stereocenters. The third kappa shape index (κ3) is 4.52. The maximum Gasteiger partial charge on any atom is 0.410 e. The van der Waals surface area contributed by atoms with Crippen molar-refractivity contribution in [2.24, 2.45) is 5.73 Å². The van der Waals surface area contributed by atoms with Crippen LogP contribution in [0, 0.1) is 0 Å². The van der Waals surface area contributed by atoms with Crippen LogP contribution < -0.4 is 11.1 Å². The van der Waals surface area contributed by atoms with E-state index < -0.39 is 11.6 Å². The molecule has 1 heterocycles. The van der Waals surface area contributed by atoms with Crippen LogP contribution in [0.5, 0.6) is 0 Å². The zero-order valence-corrected chi connectivity index (χ0v) is 11.5. The van der Waals surface area contributed by atoms with Gasteiger partial charge in [0.05, 0.1) is 6.04 Å². The van der Waals surface area contributed by atoms with Gasteiger partial charge in [0.2, 0.25) is 5.91 Å². The fraction of sp³-hybridized carbons (Fsp3) is 0.833. The first-order valence-corrected chi connectivity index (χ1v) is 6.23. The summed E-state index contributed by atoms with van der Waals surface area (Å²) in [6.45, 7) is 8.20. The van der Waals surface area contributed by atoms with Crippen LogP contribution in [-0.4, -0.2) is 47.7 Å². The molecule has 0 aromatic heterocycles. The van der Waals surface area contributed by atoms with E-state index >= 15 is 0 Å². The molecule has 0 spiro atoms. The van der Waals surface area contributed by atoms with Gasteiger partial charge < -0.3 is 20.7 Å². The van der Waals surface area contributed by atoms with Gasteiger partial charge >= 0.3 is 6.09 Å². The van der Waals surface area contributed by atoms with Gasteiger partial charge in [-0.05, 0) is 34.1 Å². The summed E-state index contributed by atoms with van der Waals surface area (Å²) in [6.07, 6.45) is 0.401. The summed E-state index contributed by atoms with van der Waals surface area (Å²) in [5.41, 5.74) is 4.98. The highest BCUT2D eigenvalue weighted by atomic mass is 16.6. The summed E-state index contributed by atoms with van der Waals surface area (Å²) in [5.74, 6) is -0.189. The average molecular weight is 257 g/mol. The first kappa shape index (κ1) is 14.8. The van der Waals surface area contributed by atoms with E-state index in [0.29, 0.717) is 13.1 Å². The number of nitrogens with zero attached hydrogens (tertiary/aromatic N) is 1. The molecule has 0 saturated carbocycles. The van der Waals surface area contributed by atoms with Crippen molar-refractivity contribution in [3.8, 4) is 0 Å². The summed E-state index contributed by atoms with van der Waals surface area (Å²) >= 11 is 0. The highest BCUT2D eigenvalue weighted by Crippen LogP contribution is 2.15. The van der Waals surface area contributed by atoms with Gasteiger partial charge in [-0.15, -0.1) is 0 Å². The standard InChI is InChI=1S/C12H23N3O3/c1-8(13)10(16)14-9-5-6-15(7-9)11(17)18-12(2,3)4/h8-9H,5-7,13H2,1-4H3,(H,14,16). The van der Waals surface area contributed by atoms with Crippen LogP contribution in [0.25, 0.3) is 0 Å². The Hall–Kier alpha value is -1.30. The van der Waals surface area contributed by atoms with Crippen LogP contribution in [-0.2, 0) is 9.53 Å². The molecule has 0 bridgehead atoms. The van der Waals surface area contributed by atoms with E-state index in [4.69, 9.17) is 10.5 Å². The Morgan fingerprint density at radius 2 is 2.06 bits per heavy atom. The first-order chi connectivity index (χ1) is 8.19. The van der Waals surface area contributed by atoms with Crippen LogP contribution >= 0.6 is 0 Å². The van der Waals surface area contributed by atoms with Crippen molar-refractivity contribution in [3.05, 3.63) is 0 Å². The third-order valence-corrected chi connectivity index (χ3v) is 2.60. The predicted molar refractivity (Wildman–Crippen MR) is 68.0 cm³/mol. The Morgan fingerprint density at radius 3 is 2.56 bits per heavy atom. The number of ether oxygens (including phenoxy) is 1. The molecule has 2 atom stereocenters. The van der Waals surface area contributed by atoms with Crippen molar-refractivity contribution in [1.29, 1.82) is 0 Å². The number of amides is 2. The fourth-order valence-corrected chi connectivity index (χ4v) is 1.70. The molecule has 3 N–H and O–H groups in total. The number of nitrogens with two attached hydrogens (primary N) is 1. The van der Waals surface area contributed by atoms with Gasteiger partial charge in [0.15, 0.2) is 0 Å². The second-order valence-corrected chi connectivity index (χ2v) is 5.71. The van der Waals surface area contributed by atoms with E-state index in [-0.39, 0.29) is 18.0 Å². The largest absolute Gasteiger partial charge is 0.444 e. The van der Waals surface area contributed by atoms with Gasteiger partial charge in [-0.2, -0.15) is 0 Å². The molecular formula is C12H23N3O3. The molecule has 0 aromatic rings. The van der Waals surface area contributed by atoms with Crippen LogP contribution in [0.2, 0.25) is 0 Å². The molecule has 18 heavy (non-hydrogen) atoms. The van der Waals surface area contributed by atoms with E-state index in [0.717, 1.165) is 6.42 Å². The van der Waals surface area contributed by atoms with Gasteiger partial charge in [0.1, 0.15) is 5.60 Å². The molecule has 0 radical (unpaired) electrons. The number of nitrogens with one attached hydrogen (secondary N) is 1. The highest BCUT2D eigenvalue weighted by molar-refractivity contribution is 5.81. The summed E-state index contributed by atoms with van der Waals surface area (Å²) in [5, 5.41) is 2.81. The minimum absolute atomic E-state index is 0.0315. The molecule has 1 fully saturated rings. The Bertz CT molecular complexity index is 323. The maximum absolute atomic E-state index is 11.8. The van der Waals surface area contributed by atoms with Gasteiger partial charge in [-0.1, -0.05) is 0 Å². The molecule has 0 aromatic carbocycles. The maximum atomic E-state index is 11.8. The van der Waals surface area contributed by atoms with Crippen molar-refractivity contribution in [2.75, 3.05) is 13.1 Å². The lowest BCUT2D eigenvalue weighted by atomic mass is 10.2. The minimum Gasteiger partial charge on any atom is -0.444 e. The second kappa shape index (κ2) is 5.56. The van der Waals surface area contributed by atoms with Crippen molar-refractivity contribution < 1.29 is 14.3 Å². The number of likely N-dealkylation sites (tertiary alicyclic amines) is 1. The van der Waals surface area contributed by atoms with Gasteiger partial charge in [0.25, 0.3) is 0 Å². The minimum atomic E-state index is -0.527. The first-order valence-electron chi connectivity index (χ1n) is 6.23. The lowest BCUT2D eigenvalue weighted by Crippen LogP contribution is -2.45. The van der Waals surface area contributed by atoms with E-state index in [1.54, 1.807) is 11.8 Å². The Morgan fingerprint density at radius 1 is 1.44 bits per heavy atom. The SMILES string of the molecule is CC(N)C(=O)NC1CCN(C(=O)OC(C)(C)C)C1. The third-order valence-electron chi connectivity index (χ3n) is 2.60. The zero-order valence-electron chi connectivity index (χ0n) is 11.5. The Kier molecular flexibility index (Phi) is 4.56. The quantitative estimate of drug-likeness (QED) is 0.752. The molecule has 6 heteroatoms. The van der Waals surface area contributed by atoms with Crippen molar-refractivity contribution in [3.63, 3.8) is 0 Å². The number of rotatable bonds is 2. The predicted octanol–water partition coefficient (Wildman–Crippen LogP) is 0.459. The summed E-state index contributed by atoms with van der Waals surface area (Å²) in [7, 11) is 0. The molecule has 1 aliphatic rings. The van der Waals surface area contributed by atoms with E-state index in [1.807, 2.05) is 20.8 Å². The average Bonchev–Trinajstić information content (AvgIpc) is 2.63. The summed E-state index contributed by atoms with van der Waals surface area (Å²) in [4.78, 5) is 24.8. The molecule has 0 aliphatic carbocycles. The fourth-order valence-electron chi connectivity index (χ4n) is 1.70. The molecule has 1 rings (SSSR count). The molecule has 1 aliphatic heterocycles. The van der Waals surface area contributed by atoms with Crippen molar-refractivity contribution in [2.45, 2.75) is 51.8 Å². The monoisotopic (exact) mass is 257 g/mol. The van der Waals surface area contributed by atoms with Crippen LogP contribution in [0.4, 0.5) is 4.79 Å². The topological polar surface area (TPSA) is 84.7 Å². The highest BCUT2D eigenvalue weighted by Gasteiger charge is 2.30. The van der Waals surface area contributed by atoms with Crippen LogP contribution in [0.3, 0.4) is 0 Å². The molecule has 1 saturated heterocycles. The number of carbonyl (C=O) groups is 2. The van der Waals surface area contributed by atoms with E-state index in [9.17, 15) is 9.59 Å². The van der Waals surface area contributed by atoms with Crippen LogP contribution in [0.15, 0.2) is 0 Å². The molecule has 6 nitrogen and oxygen atoms in total. The molecule has 104 valence electrons. The summed E-state index contributed by atoms with van der Waals surface area (Å²) < 4.78 is 5.27. The van der Waals surface area contributed by atoms with E-state index in [1.165, 1.54) is 0 Å². The number of hydrogen-bond donors (Lipinski definition) is 2.